The number of fused-ring (bicyclic) bond motifs is 1. The molecule has 0 radical (unpaired) electrons. The molecule has 0 fully saturated rings. The van der Waals surface area contributed by atoms with Crippen LogP contribution < -0.4 is 11.2 Å². The first-order valence-electron chi connectivity index (χ1n) is 8.01. The van der Waals surface area contributed by atoms with Gasteiger partial charge in [-0.15, -0.1) is 0 Å². The van der Waals surface area contributed by atoms with Crippen LogP contribution in [-0.4, -0.2) is 9.13 Å². The van der Waals surface area contributed by atoms with Crippen molar-refractivity contribution in [3.05, 3.63) is 105 Å². The summed E-state index contributed by atoms with van der Waals surface area (Å²) in [6.07, 6.45) is 2.86. The van der Waals surface area contributed by atoms with E-state index in [1.165, 1.54) is 17.1 Å². The van der Waals surface area contributed by atoms with E-state index in [0.29, 0.717) is 17.4 Å². The van der Waals surface area contributed by atoms with E-state index in [1.807, 2.05) is 60.7 Å². The molecule has 0 unspecified atom stereocenters. The molecule has 0 bridgehead atoms. The van der Waals surface area contributed by atoms with E-state index in [9.17, 15) is 9.59 Å². The van der Waals surface area contributed by atoms with Crippen molar-refractivity contribution in [2.75, 3.05) is 0 Å². The second kappa shape index (κ2) is 6.28. The lowest BCUT2D eigenvalue weighted by Crippen LogP contribution is -2.40. The third kappa shape index (κ3) is 2.80. The molecule has 0 amide bonds. The average molecular weight is 332 g/mol. The van der Waals surface area contributed by atoms with Crippen LogP contribution in [0, 0.1) is 0 Å². The molecule has 0 atom stereocenters. The number of hydrogen-bond donors (Lipinski definition) is 0. The third-order valence-electron chi connectivity index (χ3n) is 4.24. The lowest BCUT2D eigenvalue weighted by atomic mass is 10.2. The Balaban J connectivity index is 1.89. The van der Waals surface area contributed by atoms with Crippen LogP contribution in [0.25, 0.3) is 10.9 Å². The first-order chi connectivity index (χ1) is 12.2. The minimum absolute atomic E-state index is 0.231. The van der Waals surface area contributed by atoms with Crippen molar-refractivity contribution in [3.63, 3.8) is 0 Å². The van der Waals surface area contributed by atoms with Crippen LogP contribution >= 0.6 is 0 Å². The molecule has 5 nitrogen and oxygen atoms in total. The number of nitrogens with zero attached hydrogens (tertiary/aromatic N) is 2. The molecule has 2 aromatic carbocycles. The summed E-state index contributed by atoms with van der Waals surface area (Å²) >= 11 is 0. The summed E-state index contributed by atoms with van der Waals surface area (Å²) in [6, 6.07) is 19.1. The quantitative estimate of drug-likeness (QED) is 0.577. The highest BCUT2D eigenvalue weighted by molar-refractivity contribution is 5.76. The molecule has 124 valence electrons. The lowest BCUT2D eigenvalue weighted by Gasteiger charge is -2.12. The largest absolute Gasteiger partial charge is 0.470 e. The summed E-state index contributed by atoms with van der Waals surface area (Å²) in [5.74, 6) is 0. The van der Waals surface area contributed by atoms with Crippen molar-refractivity contribution in [2.24, 2.45) is 0 Å². The maximum Gasteiger partial charge on any atom is 0.332 e. The molecule has 0 aliphatic heterocycles. The lowest BCUT2D eigenvalue weighted by molar-refractivity contribution is 0.569. The summed E-state index contributed by atoms with van der Waals surface area (Å²) in [7, 11) is 0. The molecule has 4 aromatic rings. The fourth-order valence-electron chi connectivity index (χ4n) is 2.96. The molecule has 0 saturated heterocycles. The van der Waals surface area contributed by atoms with Gasteiger partial charge in [0.1, 0.15) is 17.9 Å². The Morgan fingerprint density at radius 3 is 1.88 bits per heavy atom. The molecule has 0 aliphatic rings. The Morgan fingerprint density at radius 2 is 1.28 bits per heavy atom. The van der Waals surface area contributed by atoms with E-state index in [0.717, 1.165) is 11.1 Å². The predicted molar refractivity (Wildman–Crippen MR) is 95.8 cm³/mol. The first-order valence-corrected chi connectivity index (χ1v) is 8.01. The van der Waals surface area contributed by atoms with Gasteiger partial charge in [-0.05, 0) is 11.1 Å². The highest BCUT2D eigenvalue weighted by Crippen LogP contribution is 2.12. The molecule has 0 spiro atoms. The van der Waals surface area contributed by atoms with Gasteiger partial charge in [-0.25, -0.2) is 4.79 Å². The highest BCUT2D eigenvalue weighted by Gasteiger charge is 2.15. The Labute approximate surface area is 143 Å². The van der Waals surface area contributed by atoms with Gasteiger partial charge >= 0.3 is 5.69 Å². The van der Waals surface area contributed by atoms with Crippen LogP contribution in [0.2, 0.25) is 0 Å². The van der Waals surface area contributed by atoms with Crippen LogP contribution in [0.4, 0.5) is 0 Å². The Bertz CT molecular complexity index is 1120. The van der Waals surface area contributed by atoms with Gasteiger partial charge in [-0.1, -0.05) is 60.7 Å². The molecular formula is C20H16N2O3. The Kier molecular flexibility index (Phi) is 3.82. The normalized spacial score (nSPS) is 11.0. The van der Waals surface area contributed by atoms with Gasteiger partial charge in [0.15, 0.2) is 0 Å². The number of furan rings is 1. The molecule has 2 aromatic heterocycles. The highest BCUT2D eigenvalue weighted by atomic mass is 16.3. The zero-order valence-corrected chi connectivity index (χ0v) is 13.5. The van der Waals surface area contributed by atoms with Crippen LogP contribution in [0.1, 0.15) is 11.1 Å². The fraction of sp³-hybridized carbons (Fsp3) is 0.100. The van der Waals surface area contributed by atoms with Gasteiger partial charge in [0.25, 0.3) is 5.56 Å². The summed E-state index contributed by atoms with van der Waals surface area (Å²) in [6.45, 7) is 0.610. The smallest absolute Gasteiger partial charge is 0.332 e. The number of hydrogen-bond acceptors (Lipinski definition) is 3. The van der Waals surface area contributed by atoms with Gasteiger partial charge in [0.05, 0.1) is 18.6 Å². The van der Waals surface area contributed by atoms with Crippen LogP contribution in [0.5, 0.6) is 0 Å². The summed E-state index contributed by atoms with van der Waals surface area (Å²) < 4.78 is 8.05. The van der Waals surface area contributed by atoms with Crippen LogP contribution in [-0.2, 0) is 13.1 Å². The second-order valence-corrected chi connectivity index (χ2v) is 5.90. The van der Waals surface area contributed by atoms with Crippen molar-refractivity contribution in [1.29, 1.82) is 0 Å². The first kappa shape index (κ1) is 15.2. The predicted octanol–water partition coefficient (Wildman–Crippen LogP) is 2.85. The Hall–Kier alpha value is -3.34. The molecule has 4 rings (SSSR count). The molecule has 0 aliphatic carbocycles. The number of aromatic nitrogens is 2. The summed E-state index contributed by atoms with van der Waals surface area (Å²) in [4.78, 5) is 25.7. The van der Waals surface area contributed by atoms with Crippen molar-refractivity contribution < 1.29 is 4.42 Å². The topological polar surface area (TPSA) is 57.1 Å². The van der Waals surface area contributed by atoms with E-state index in [-0.39, 0.29) is 17.8 Å². The fourth-order valence-corrected chi connectivity index (χ4v) is 2.96. The molecule has 2 heterocycles. The van der Waals surface area contributed by atoms with E-state index in [1.54, 1.807) is 4.57 Å². The Morgan fingerprint density at radius 1 is 0.720 bits per heavy atom. The third-order valence-corrected chi connectivity index (χ3v) is 4.24. The van der Waals surface area contributed by atoms with Crippen LogP contribution in [0.15, 0.2) is 87.2 Å². The van der Waals surface area contributed by atoms with E-state index in [4.69, 9.17) is 4.42 Å². The van der Waals surface area contributed by atoms with Crippen molar-refractivity contribution in [2.45, 2.75) is 13.1 Å². The summed E-state index contributed by atoms with van der Waals surface area (Å²) in [5.41, 5.74) is 1.73. The standard InChI is InChI=1S/C20H16N2O3/c23-19-17-13-25-14-18(17)21(11-15-7-3-1-4-8-15)20(24)22(19)12-16-9-5-2-6-10-16/h1-10,13-14H,11-12H2. The molecule has 25 heavy (non-hydrogen) atoms. The van der Waals surface area contributed by atoms with Crippen molar-refractivity contribution in [1.82, 2.24) is 9.13 Å². The van der Waals surface area contributed by atoms with E-state index >= 15 is 0 Å². The minimum Gasteiger partial charge on any atom is -0.470 e. The minimum atomic E-state index is -0.341. The second-order valence-electron chi connectivity index (χ2n) is 5.90. The molecule has 0 saturated carbocycles. The SMILES string of the molecule is O=c1c2cocc2n(Cc2ccccc2)c(=O)n1Cc1ccccc1. The van der Waals surface area contributed by atoms with E-state index in [2.05, 4.69) is 0 Å². The van der Waals surface area contributed by atoms with Gasteiger partial charge < -0.3 is 4.42 Å². The zero-order valence-electron chi connectivity index (χ0n) is 13.5. The molecular weight excluding hydrogens is 316 g/mol. The number of benzene rings is 2. The maximum absolute atomic E-state index is 13.0. The van der Waals surface area contributed by atoms with Gasteiger partial charge in [-0.3, -0.25) is 13.9 Å². The molecule has 0 N–H and O–H groups in total. The average Bonchev–Trinajstić information content (AvgIpc) is 3.14. The van der Waals surface area contributed by atoms with Crippen molar-refractivity contribution >= 4 is 10.9 Å². The monoisotopic (exact) mass is 332 g/mol. The van der Waals surface area contributed by atoms with Gasteiger partial charge in [0, 0.05) is 0 Å². The zero-order chi connectivity index (χ0) is 17.2. The van der Waals surface area contributed by atoms with E-state index < -0.39 is 0 Å². The van der Waals surface area contributed by atoms with Crippen LogP contribution in [0.3, 0.4) is 0 Å². The van der Waals surface area contributed by atoms with Gasteiger partial charge in [-0.2, -0.15) is 0 Å². The summed E-state index contributed by atoms with van der Waals surface area (Å²) in [5, 5.41) is 0.409. The number of rotatable bonds is 4. The van der Waals surface area contributed by atoms with Gasteiger partial charge in [0.2, 0.25) is 0 Å². The molecule has 5 heteroatoms. The van der Waals surface area contributed by atoms with Crippen molar-refractivity contribution in [3.8, 4) is 0 Å². The maximum atomic E-state index is 13.0.